The molecule has 1 fully saturated rings. The van der Waals surface area contributed by atoms with Crippen LogP contribution in [0.25, 0.3) is 11.3 Å². The first-order chi connectivity index (χ1) is 18.3. The number of urea groups is 1. The predicted octanol–water partition coefficient (Wildman–Crippen LogP) is 8.90. The third-order valence-electron chi connectivity index (χ3n) is 7.39. The van der Waals surface area contributed by atoms with E-state index in [0.717, 1.165) is 66.5 Å². The predicted molar refractivity (Wildman–Crippen MR) is 166 cm³/mol. The van der Waals surface area contributed by atoms with Crippen molar-refractivity contribution in [3.05, 3.63) is 83.0 Å². The highest BCUT2D eigenvalue weighted by Gasteiger charge is 2.27. The van der Waals surface area contributed by atoms with Gasteiger partial charge in [-0.15, -0.1) is 11.8 Å². The number of benzene rings is 2. The molecule has 2 aromatic rings. The molecule has 1 aliphatic rings. The van der Waals surface area contributed by atoms with Gasteiger partial charge in [-0.25, -0.2) is 4.79 Å². The number of carbonyl (C=O) groups is 1. The molecule has 204 valence electrons. The Balaban J connectivity index is 1.93. The number of nitrogens with one attached hydrogen (secondary N) is 3. The van der Waals surface area contributed by atoms with Crippen molar-refractivity contribution >= 4 is 40.4 Å². The van der Waals surface area contributed by atoms with Crippen LogP contribution in [0.1, 0.15) is 74.6 Å². The summed E-state index contributed by atoms with van der Waals surface area (Å²) in [6.45, 7) is 14.4. The molecule has 0 radical (unpaired) electrons. The summed E-state index contributed by atoms with van der Waals surface area (Å²) >= 11 is 1.67. The van der Waals surface area contributed by atoms with Crippen molar-refractivity contribution < 1.29 is 9.90 Å². The largest absolute Gasteiger partial charge is 0.511 e. The molecule has 1 atom stereocenters. The monoisotopic (exact) mass is 533 g/mol. The smallest absolute Gasteiger partial charge is 0.323 e. The number of allylic oxidation sites excluding steroid dienone is 1. The lowest BCUT2D eigenvalue weighted by Gasteiger charge is -2.32. The number of hydrogen-bond donors (Lipinski definition) is 4. The molecule has 5 nitrogen and oxygen atoms in total. The van der Waals surface area contributed by atoms with Crippen LogP contribution in [-0.2, 0) is 6.42 Å². The van der Waals surface area contributed by atoms with Crippen LogP contribution in [0.5, 0.6) is 0 Å². The van der Waals surface area contributed by atoms with Gasteiger partial charge in [-0.1, -0.05) is 76.6 Å². The Morgan fingerprint density at radius 3 is 2.50 bits per heavy atom. The van der Waals surface area contributed by atoms with Crippen molar-refractivity contribution in [1.29, 1.82) is 0 Å². The van der Waals surface area contributed by atoms with E-state index < -0.39 is 0 Å². The molecule has 0 heterocycles. The topological polar surface area (TPSA) is 73.4 Å². The van der Waals surface area contributed by atoms with Crippen molar-refractivity contribution in [3.8, 4) is 0 Å². The third-order valence-corrected chi connectivity index (χ3v) is 7.91. The third kappa shape index (κ3) is 7.47. The molecule has 0 aliphatic heterocycles. The van der Waals surface area contributed by atoms with E-state index in [1.54, 1.807) is 11.8 Å². The number of anilines is 2. The fourth-order valence-corrected chi connectivity index (χ4v) is 5.87. The van der Waals surface area contributed by atoms with E-state index in [-0.39, 0.29) is 17.8 Å². The number of carbonyl (C=O) groups excluding carboxylic acids is 1. The summed E-state index contributed by atoms with van der Waals surface area (Å²) in [6.07, 6.45) is 9.39. The minimum Gasteiger partial charge on any atom is -0.511 e. The maximum Gasteiger partial charge on any atom is 0.323 e. The van der Waals surface area contributed by atoms with Gasteiger partial charge in [-0.3, -0.25) is 0 Å². The van der Waals surface area contributed by atoms with Crippen LogP contribution in [0.15, 0.2) is 60.7 Å². The molecule has 6 heteroatoms. The molecule has 0 aromatic heterocycles. The minimum absolute atomic E-state index is 0.129. The molecule has 1 saturated carbocycles. The number of aliphatic hydroxyl groups excluding tert-OH is 1. The van der Waals surface area contributed by atoms with Crippen LogP contribution < -0.4 is 16.0 Å². The Morgan fingerprint density at radius 1 is 1.13 bits per heavy atom. The average molecular weight is 534 g/mol. The van der Waals surface area contributed by atoms with Crippen molar-refractivity contribution in [2.75, 3.05) is 16.9 Å². The summed E-state index contributed by atoms with van der Waals surface area (Å²) in [5.41, 5.74) is 7.29. The molecule has 38 heavy (non-hydrogen) atoms. The van der Waals surface area contributed by atoms with Gasteiger partial charge in [0.1, 0.15) is 5.76 Å². The van der Waals surface area contributed by atoms with Gasteiger partial charge in [-0.2, -0.15) is 0 Å². The van der Waals surface area contributed by atoms with E-state index in [4.69, 9.17) is 0 Å². The summed E-state index contributed by atoms with van der Waals surface area (Å²) in [6, 6.07) is 11.5. The van der Waals surface area contributed by atoms with Crippen LogP contribution in [0.3, 0.4) is 0 Å². The van der Waals surface area contributed by atoms with Gasteiger partial charge in [0.2, 0.25) is 0 Å². The Labute approximate surface area is 232 Å². The zero-order valence-electron chi connectivity index (χ0n) is 23.3. The quantitative estimate of drug-likeness (QED) is 0.218. The van der Waals surface area contributed by atoms with Gasteiger partial charge >= 0.3 is 6.03 Å². The zero-order valence-corrected chi connectivity index (χ0v) is 24.1. The summed E-state index contributed by atoms with van der Waals surface area (Å²) in [5, 5.41) is 22.2. The van der Waals surface area contributed by atoms with E-state index in [1.165, 1.54) is 12.0 Å². The Morgan fingerprint density at radius 2 is 1.87 bits per heavy atom. The maximum atomic E-state index is 13.3. The first kappa shape index (κ1) is 29.4. The second kappa shape index (κ2) is 14.1. The van der Waals surface area contributed by atoms with Crippen molar-refractivity contribution in [1.82, 2.24) is 5.32 Å². The van der Waals surface area contributed by atoms with Gasteiger partial charge in [0.05, 0.1) is 11.7 Å². The SMILES string of the molecule is C=C(NC(C(=C)O)C1CCCCC1)c1ccc(/C(=C/SC)CC)cc1NC(=O)Nc1c(C)cccc1CC. The number of para-hydroxylation sites is 1. The van der Waals surface area contributed by atoms with Crippen molar-refractivity contribution in [2.24, 2.45) is 5.92 Å². The van der Waals surface area contributed by atoms with E-state index in [0.29, 0.717) is 17.3 Å². The Hall–Kier alpha value is -3.12. The maximum absolute atomic E-state index is 13.3. The van der Waals surface area contributed by atoms with Crippen LogP contribution >= 0.6 is 11.8 Å². The van der Waals surface area contributed by atoms with E-state index in [1.807, 2.05) is 43.5 Å². The number of aliphatic hydroxyl groups is 1. The molecular formula is C32H43N3O2S. The highest BCUT2D eigenvalue weighted by molar-refractivity contribution is 8.01. The molecule has 2 aromatic carbocycles. The van der Waals surface area contributed by atoms with E-state index in [2.05, 4.69) is 54.4 Å². The molecular weight excluding hydrogens is 490 g/mol. The lowest BCUT2D eigenvalue weighted by Crippen LogP contribution is -2.37. The van der Waals surface area contributed by atoms with Crippen molar-refractivity contribution in [2.45, 2.75) is 71.8 Å². The van der Waals surface area contributed by atoms with Gasteiger partial charge in [-0.05, 0) is 78.5 Å². The van der Waals surface area contributed by atoms with E-state index in [9.17, 15) is 9.90 Å². The molecule has 3 rings (SSSR count). The van der Waals surface area contributed by atoms with E-state index >= 15 is 0 Å². The fraction of sp³-hybridized carbons (Fsp3) is 0.406. The summed E-state index contributed by atoms with van der Waals surface area (Å²) in [7, 11) is 0. The number of rotatable bonds is 11. The zero-order chi connectivity index (χ0) is 27.7. The Bertz CT molecular complexity index is 1180. The number of thioether (sulfide) groups is 1. The van der Waals surface area contributed by atoms with Crippen LogP contribution in [0, 0.1) is 12.8 Å². The molecule has 1 aliphatic carbocycles. The minimum atomic E-state index is -0.303. The average Bonchev–Trinajstić information content (AvgIpc) is 2.91. The molecule has 1 unspecified atom stereocenters. The van der Waals surface area contributed by atoms with Crippen LogP contribution in [0.4, 0.5) is 16.2 Å². The molecule has 0 saturated heterocycles. The number of hydrogen-bond acceptors (Lipinski definition) is 4. The Kier molecular flexibility index (Phi) is 11.0. The van der Waals surface area contributed by atoms with Crippen LogP contribution in [0.2, 0.25) is 0 Å². The molecule has 0 bridgehead atoms. The number of aryl methyl sites for hydroxylation is 2. The second-order valence-electron chi connectivity index (χ2n) is 10.0. The summed E-state index contributed by atoms with van der Waals surface area (Å²) < 4.78 is 0. The van der Waals surface area contributed by atoms with Gasteiger partial charge in [0.25, 0.3) is 0 Å². The normalized spacial score (nSPS) is 15.0. The van der Waals surface area contributed by atoms with Crippen LogP contribution in [-0.4, -0.2) is 23.4 Å². The fourth-order valence-electron chi connectivity index (χ4n) is 5.28. The van der Waals surface area contributed by atoms with Gasteiger partial charge in [0, 0.05) is 16.9 Å². The highest BCUT2D eigenvalue weighted by Crippen LogP contribution is 2.33. The first-order valence-corrected chi connectivity index (χ1v) is 14.9. The van der Waals surface area contributed by atoms with Gasteiger partial charge < -0.3 is 21.1 Å². The molecule has 0 spiro atoms. The standard InChI is InChI=1S/C32H43N3O2S/c1-7-24-16-12-13-21(3)30(24)35-32(37)34-29-19-27(25(8-2)20-38-6)17-18-28(29)22(4)33-31(23(5)36)26-14-10-9-11-15-26/h12-13,16-20,26,31,33,36H,4-5,7-11,14-15H2,1-3,6H3,(H2,34,35,37)/b25-20+. The lowest BCUT2D eigenvalue weighted by atomic mass is 9.83. The molecule has 2 amide bonds. The first-order valence-electron chi connectivity index (χ1n) is 13.6. The summed E-state index contributed by atoms with van der Waals surface area (Å²) in [4.78, 5) is 13.3. The van der Waals surface area contributed by atoms with Crippen molar-refractivity contribution in [3.63, 3.8) is 0 Å². The highest BCUT2D eigenvalue weighted by atomic mass is 32.2. The number of amides is 2. The summed E-state index contributed by atoms with van der Waals surface area (Å²) in [5.74, 6) is 0.437. The second-order valence-corrected chi connectivity index (χ2v) is 10.7. The molecule has 4 N–H and O–H groups in total. The van der Waals surface area contributed by atoms with Gasteiger partial charge in [0.15, 0.2) is 0 Å². The lowest BCUT2D eigenvalue weighted by molar-refractivity contribution is 0.249.